The first-order chi connectivity index (χ1) is 9.95. The van der Waals surface area contributed by atoms with Crippen molar-refractivity contribution in [3.05, 3.63) is 41.3 Å². The average Bonchev–Trinajstić information content (AvgIpc) is 2.84. The molecule has 9 heteroatoms. The molecule has 1 heterocycles. The van der Waals surface area contributed by atoms with Crippen molar-refractivity contribution in [3.8, 4) is 0 Å². The molecule has 1 aromatic carbocycles. The van der Waals surface area contributed by atoms with Gasteiger partial charge < -0.3 is 20.3 Å². The van der Waals surface area contributed by atoms with Gasteiger partial charge >= 0.3 is 12.0 Å². The molecule has 0 bridgehead atoms. The zero-order valence-corrected chi connectivity index (χ0v) is 10.9. The minimum absolute atomic E-state index is 0.00672. The average molecular weight is 294 g/mol. The molecule has 0 spiro atoms. The van der Waals surface area contributed by atoms with Crippen LogP contribution in [0.25, 0.3) is 0 Å². The summed E-state index contributed by atoms with van der Waals surface area (Å²) in [6.07, 6.45) is 0. The number of carbonyl (C=O) groups excluding carboxylic acids is 1. The number of aryl methyl sites for hydroxylation is 1. The van der Waals surface area contributed by atoms with Crippen LogP contribution < -0.4 is 10.6 Å². The second kappa shape index (κ2) is 5.99. The molecule has 0 aliphatic rings. The number of hydrogen-bond acceptors (Lipinski definition) is 5. The van der Waals surface area contributed by atoms with Crippen molar-refractivity contribution < 1.29 is 23.6 Å². The van der Waals surface area contributed by atoms with E-state index in [1.807, 2.05) is 0 Å². The zero-order chi connectivity index (χ0) is 15.4. The van der Waals surface area contributed by atoms with E-state index in [-0.39, 0.29) is 23.6 Å². The number of hydrogen-bond donors (Lipinski definition) is 3. The number of carboxylic acid groups (broad SMARTS) is 1. The highest BCUT2D eigenvalue weighted by Crippen LogP contribution is 2.16. The van der Waals surface area contributed by atoms with E-state index < -0.39 is 17.8 Å². The molecule has 0 fully saturated rings. The van der Waals surface area contributed by atoms with Gasteiger partial charge in [-0.1, -0.05) is 5.16 Å². The van der Waals surface area contributed by atoms with E-state index in [1.54, 1.807) is 6.92 Å². The highest BCUT2D eigenvalue weighted by Gasteiger charge is 2.14. The Labute approximate surface area is 118 Å². The Morgan fingerprint density at radius 2 is 2.19 bits per heavy atom. The summed E-state index contributed by atoms with van der Waals surface area (Å²) < 4.78 is 17.7. The first-order valence-corrected chi connectivity index (χ1v) is 5.82. The summed E-state index contributed by atoms with van der Waals surface area (Å²) in [5.41, 5.74) is -0.369. The Morgan fingerprint density at radius 3 is 2.81 bits per heavy atom. The van der Waals surface area contributed by atoms with Crippen molar-refractivity contribution in [1.82, 2.24) is 15.5 Å². The van der Waals surface area contributed by atoms with E-state index in [0.717, 1.165) is 18.2 Å². The number of nitrogens with one attached hydrogen (secondary N) is 2. The van der Waals surface area contributed by atoms with E-state index in [2.05, 4.69) is 20.8 Å². The molecular formula is C12H11FN4O4. The quantitative estimate of drug-likeness (QED) is 0.787. The number of carbonyl (C=O) groups is 2. The number of aromatic carboxylic acids is 1. The highest BCUT2D eigenvalue weighted by molar-refractivity contribution is 5.99. The molecule has 0 aliphatic carbocycles. The molecule has 2 amide bonds. The van der Waals surface area contributed by atoms with Gasteiger partial charge in [0, 0.05) is 6.92 Å². The van der Waals surface area contributed by atoms with Crippen LogP contribution in [0.5, 0.6) is 0 Å². The third-order valence-electron chi connectivity index (χ3n) is 2.44. The fourth-order valence-corrected chi connectivity index (χ4v) is 1.54. The minimum atomic E-state index is -1.35. The molecule has 2 aromatic rings. The SMILES string of the molecule is Cc1nc(CNC(=O)Nc2ccc(F)cc2C(=O)O)no1. The summed E-state index contributed by atoms with van der Waals surface area (Å²) in [6, 6.07) is 2.36. The van der Waals surface area contributed by atoms with Crippen molar-refractivity contribution in [2.75, 3.05) is 5.32 Å². The number of rotatable bonds is 4. The van der Waals surface area contributed by atoms with Gasteiger partial charge in [0.25, 0.3) is 0 Å². The summed E-state index contributed by atoms with van der Waals surface area (Å²) in [5, 5.41) is 17.3. The van der Waals surface area contributed by atoms with Crippen molar-refractivity contribution in [2.45, 2.75) is 13.5 Å². The number of carboxylic acids is 1. The summed E-state index contributed by atoms with van der Waals surface area (Å²) in [4.78, 5) is 26.5. The summed E-state index contributed by atoms with van der Waals surface area (Å²) in [7, 11) is 0. The lowest BCUT2D eigenvalue weighted by Crippen LogP contribution is -2.29. The lowest BCUT2D eigenvalue weighted by Gasteiger charge is -2.09. The number of aromatic nitrogens is 2. The number of urea groups is 1. The lowest BCUT2D eigenvalue weighted by molar-refractivity contribution is 0.0697. The molecule has 0 saturated carbocycles. The largest absolute Gasteiger partial charge is 0.478 e. The molecule has 1 aromatic heterocycles. The Balaban J connectivity index is 2.01. The molecule has 0 unspecified atom stereocenters. The molecule has 8 nitrogen and oxygen atoms in total. The Kier molecular flexibility index (Phi) is 4.12. The van der Waals surface area contributed by atoms with Gasteiger partial charge in [-0.15, -0.1) is 0 Å². The second-order valence-electron chi connectivity index (χ2n) is 4.03. The maximum Gasteiger partial charge on any atom is 0.337 e. The highest BCUT2D eigenvalue weighted by atomic mass is 19.1. The van der Waals surface area contributed by atoms with Gasteiger partial charge in [-0.3, -0.25) is 0 Å². The van der Waals surface area contributed by atoms with E-state index in [9.17, 15) is 14.0 Å². The summed E-state index contributed by atoms with van der Waals surface area (Å²) in [6.45, 7) is 1.61. The third kappa shape index (κ3) is 3.75. The molecule has 110 valence electrons. The van der Waals surface area contributed by atoms with Crippen LogP contribution >= 0.6 is 0 Å². The number of halogens is 1. The van der Waals surface area contributed by atoms with E-state index in [4.69, 9.17) is 9.63 Å². The standard InChI is InChI=1S/C12H11FN4O4/c1-6-15-10(17-21-6)5-14-12(20)16-9-3-2-7(13)4-8(9)11(18)19/h2-4H,5H2,1H3,(H,18,19)(H2,14,16,20). The normalized spacial score (nSPS) is 10.2. The van der Waals surface area contributed by atoms with Gasteiger partial charge in [0.2, 0.25) is 5.89 Å². The molecule has 0 saturated heterocycles. The van der Waals surface area contributed by atoms with Crippen LogP contribution in [0.2, 0.25) is 0 Å². The van der Waals surface area contributed by atoms with Crippen LogP contribution in [-0.4, -0.2) is 27.2 Å². The molecule has 3 N–H and O–H groups in total. The van der Waals surface area contributed by atoms with Gasteiger partial charge in [-0.2, -0.15) is 4.98 Å². The molecule has 0 aliphatic heterocycles. The number of amides is 2. The monoisotopic (exact) mass is 294 g/mol. The Bertz CT molecular complexity index is 686. The van der Waals surface area contributed by atoms with Crippen molar-refractivity contribution in [3.63, 3.8) is 0 Å². The first kappa shape index (κ1) is 14.4. The van der Waals surface area contributed by atoms with Gasteiger partial charge in [0.15, 0.2) is 5.82 Å². The van der Waals surface area contributed by atoms with Gasteiger partial charge in [0.05, 0.1) is 17.8 Å². The number of anilines is 1. The van der Waals surface area contributed by atoms with Crippen LogP contribution in [0.1, 0.15) is 22.1 Å². The van der Waals surface area contributed by atoms with Gasteiger partial charge in [-0.25, -0.2) is 14.0 Å². The minimum Gasteiger partial charge on any atom is -0.478 e. The van der Waals surface area contributed by atoms with E-state index in [0.29, 0.717) is 5.89 Å². The third-order valence-corrected chi connectivity index (χ3v) is 2.44. The predicted octanol–water partition coefficient (Wildman–Crippen LogP) is 1.54. The molecular weight excluding hydrogens is 283 g/mol. The fraction of sp³-hybridized carbons (Fsp3) is 0.167. The maximum absolute atomic E-state index is 13.0. The maximum atomic E-state index is 13.0. The van der Waals surface area contributed by atoms with E-state index in [1.165, 1.54) is 0 Å². The number of nitrogens with zero attached hydrogens (tertiary/aromatic N) is 2. The van der Waals surface area contributed by atoms with Gasteiger partial charge in [-0.05, 0) is 18.2 Å². The van der Waals surface area contributed by atoms with Crippen molar-refractivity contribution >= 4 is 17.7 Å². The van der Waals surface area contributed by atoms with Gasteiger partial charge in [0.1, 0.15) is 5.82 Å². The smallest absolute Gasteiger partial charge is 0.337 e. The molecule has 0 atom stereocenters. The molecule has 0 radical (unpaired) electrons. The first-order valence-electron chi connectivity index (χ1n) is 5.82. The predicted molar refractivity (Wildman–Crippen MR) is 68.3 cm³/mol. The van der Waals surface area contributed by atoms with Crippen LogP contribution in [0.3, 0.4) is 0 Å². The van der Waals surface area contributed by atoms with Crippen molar-refractivity contribution in [2.24, 2.45) is 0 Å². The number of benzene rings is 1. The topological polar surface area (TPSA) is 117 Å². The van der Waals surface area contributed by atoms with Crippen LogP contribution in [0, 0.1) is 12.7 Å². The summed E-state index contributed by atoms with van der Waals surface area (Å²) in [5.74, 6) is -1.42. The Hall–Kier alpha value is -2.97. The second-order valence-corrected chi connectivity index (χ2v) is 4.03. The van der Waals surface area contributed by atoms with Crippen molar-refractivity contribution in [1.29, 1.82) is 0 Å². The van der Waals surface area contributed by atoms with E-state index >= 15 is 0 Å². The molecule has 2 rings (SSSR count). The lowest BCUT2D eigenvalue weighted by atomic mass is 10.2. The van der Waals surface area contributed by atoms with Crippen LogP contribution in [0.15, 0.2) is 22.7 Å². The van der Waals surface area contributed by atoms with Crippen LogP contribution in [0.4, 0.5) is 14.9 Å². The zero-order valence-electron chi connectivity index (χ0n) is 10.9. The van der Waals surface area contributed by atoms with Crippen LogP contribution in [-0.2, 0) is 6.54 Å². The fourth-order valence-electron chi connectivity index (χ4n) is 1.54. The Morgan fingerprint density at radius 1 is 1.43 bits per heavy atom. The summed E-state index contributed by atoms with van der Waals surface area (Å²) >= 11 is 0. The molecule has 21 heavy (non-hydrogen) atoms.